The van der Waals surface area contributed by atoms with E-state index in [0.717, 1.165) is 31.3 Å². The molecule has 0 atom stereocenters. The molecule has 0 bridgehead atoms. The smallest absolute Gasteiger partial charge is 0.0430 e. The molecule has 0 saturated heterocycles. The largest absolute Gasteiger partial charge is 0.396 e. The first kappa shape index (κ1) is 24.5. The van der Waals surface area contributed by atoms with E-state index in [1.54, 1.807) is 0 Å². The van der Waals surface area contributed by atoms with E-state index in [4.69, 9.17) is 10.2 Å². The van der Waals surface area contributed by atoms with Crippen LogP contribution in [-0.4, -0.2) is 23.4 Å². The molecule has 0 spiro atoms. The number of hydrogen-bond donors (Lipinski definition) is 2. The normalized spacial score (nSPS) is 7.27. The van der Waals surface area contributed by atoms with Crippen molar-refractivity contribution in [2.45, 2.75) is 46.5 Å². The Labute approximate surface area is 111 Å². The molecule has 0 aliphatic rings. The maximum Gasteiger partial charge on any atom is 0.0430 e. The quantitative estimate of drug-likeness (QED) is 0.595. The predicted molar refractivity (Wildman–Crippen MR) is 64.2 cm³/mol. The Bertz CT molecular complexity index is 81.6. The van der Waals surface area contributed by atoms with Crippen LogP contribution in [0, 0.1) is 6.92 Å². The average Bonchev–Trinajstić information content (AvgIpc) is 2.07. The van der Waals surface area contributed by atoms with Crippen molar-refractivity contribution >= 4 is 0 Å². The Morgan fingerprint density at radius 1 is 1.07 bits per heavy atom. The van der Waals surface area contributed by atoms with E-state index in [0.29, 0.717) is 13.2 Å². The third-order valence-electron chi connectivity index (χ3n) is 1.02. The molecule has 2 N–H and O–H groups in total. The molecule has 0 amide bonds. The second kappa shape index (κ2) is 29.2. The van der Waals surface area contributed by atoms with Crippen LogP contribution in [0.25, 0.3) is 0 Å². The Morgan fingerprint density at radius 2 is 1.27 bits per heavy atom. The van der Waals surface area contributed by atoms with E-state index in [1.165, 1.54) is 0 Å². The molecule has 0 heterocycles. The number of allylic oxidation sites excluding steroid dienone is 1. The van der Waals surface area contributed by atoms with Gasteiger partial charge in [0.25, 0.3) is 0 Å². The molecular weight excluding hydrogens is 224 g/mol. The summed E-state index contributed by atoms with van der Waals surface area (Å²) in [6.07, 6.45) is 4.08. The Morgan fingerprint density at radius 3 is 1.27 bits per heavy atom. The summed E-state index contributed by atoms with van der Waals surface area (Å²) in [5.74, 6) is 0. The molecule has 2 nitrogen and oxygen atoms in total. The van der Waals surface area contributed by atoms with Gasteiger partial charge in [-0.25, -0.2) is 19.1 Å². The van der Waals surface area contributed by atoms with Gasteiger partial charge in [-0.2, -0.15) is 0 Å². The maximum atomic E-state index is 8.07. The molecule has 3 heteroatoms. The van der Waals surface area contributed by atoms with E-state index in [9.17, 15) is 0 Å². The van der Waals surface area contributed by atoms with Gasteiger partial charge in [0, 0.05) is 34.9 Å². The molecule has 0 unspecified atom stereocenters. The second-order valence-electron chi connectivity index (χ2n) is 3.11. The van der Waals surface area contributed by atoms with Gasteiger partial charge in [-0.15, -0.1) is 0 Å². The van der Waals surface area contributed by atoms with Crippen molar-refractivity contribution in [3.8, 4) is 0 Å². The number of rotatable bonds is 4. The third-order valence-corrected chi connectivity index (χ3v) is 1.02. The van der Waals surface area contributed by atoms with Crippen LogP contribution in [0.4, 0.5) is 0 Å². The summed E-state index contributed by atoms with van der Waals surface area (Å²) in [5, 5.41) is 16.1. The maximum absolute atomic E-state index is 8.07. The molecule has 0 aromatic carbocycles. The van der Waals surface area contributed by atoms with Crippen LogP contribution in [0.1, 0.15) is 46.5 Å². The first-order chi connectivity index (χ1) is 6.56. The van der Waals surface area contributed by atoms with E-state index >= 15 is 0 Å². The van der Waals surface area contributed by atoms with Gasteiger partial charge in [-0.1, -0.05) is 33.6 Å². The standard InChI is InChI=1S/2C4H10O.C4H7.Ti/c2*1-2-3-4-5;1-4(2)3;/h2*5H,2-4H2,1H3;1-2H2,3H3;/q;;-1;. The van der Waals surface area contributed by atoms with Crippen molar-refractivity contribution < 1.29 is 31.9 Å². The fraction of sp³-hybridized carbons (Fsp3) is 0.750. The third kappa shape index (κ3) is 119. The monoisotopic (exact) mass is 251 g/mol. The van der Waals surface area contributed by atoms with E-state index < -0.39 is 0 Å². The molecule has 0 saturated carbocycles. The van der Waals surface area contributed by atoms with Gasteiger partial charge in [0.1, 0.15) is 0 Å². The minimum absolute atomic E-state index is 0. The van der Waals surface area contributed by atoms with Crippen molar-refractivity contribution in [2.75, 3.05) is 13.2 Å². The Kier molecular flexibility index (Phi) is 47.7. The first-order valence-electron chi connectivity index (χ1n) is 5.25. The van der Waals surface area contributed by atoms with Crippen molar-refractivity contribution in [1.29, 1.82) is 0 Å². The van der Waals surface area contributed by atoms with E-state index in [2.05, 4.69) is 27.4 Å². The van der Waals surface area contributed by atoms with Gasteiger partial charge in [-0.3, -0.25) is 0 Å². The number of aliphatic hydroxyl groups is 2. The summed E-state index contributed by atoms with van der Waals surface area (Å²) in [4.78, 5) is 0. The van der Waals surface area contributed by atoms with Gasteiger partial charge < -0.3 is 10.2 Å². The molecule has 92 valence electrons. The fourth-order valence-corrected chi connectivity index (χ4v) is 0.316. The number of hydrogen-bond acceptors (Lipinski definition) is 2. The van der Waals surface area contributed by atoms with Gasteiger partial charge in [0.2, 0.25) is 0 Å². The fourth-order valence-electron chi connectivity index (χ4n) is 0.316. The Balaban J connectivity index is -0.0000000590. The minimum atomic E-state index is 0. The zero-order chi connectivity index (χ0) is 11.8. The SMILES string of the molecule is C=C([CH2-])C.CCCCO.CCCCO.[Ti]. The molecular formula is C12H27O2Ti-. The summed E-state index contributed by atoms with van der Waals surface area (Å²) in [6.45, 7) is 13.5. The van der Waals surface area contributed by atoms with Gasteiger partial charge in [0.05, 0.1) is 0 Å². The van der Waals surface area contributed by atoms with Gasteiger partial charge >= 0.3 is 0 Å². The van der Waals surface area contributed by atoms with Crippen LogP contribution in [0.5, 0.6) is 0 Å². The number of aliphatic hydroxyl groups excluding tert-OH is 2. The van der Waals surface area contributed by atoms with Crippen molar-refractivity contribution in [3.63, 3.8) is 0 Å². The summed E-state index contributed by atoms with van der Waals surface area (Å²) in [7, 11) is 0. The predicted octanol–water partition coefficient (Wildman–Crippen LogP) is 2.95. The summed E-state index contributed by atoms with van der Waals surface area (Å²) in [5.41, 5.74) is 0.917. The molecule has 0 fully saturated rings. The second-order valence-corrected chi connectivity index (χ2v) is 3.11. The molecule has 0 radical (unpaired) electrons. The zero-order valence-electron chi connectivity index (χ0n) is 10.6. The summed E-state index contributed by atoms with van der Waals surface area (Å²) < 4.78 is 0. The summed E-state index contributed by atoms with van der Waals surface area (Å²) in [6, 6.07) is 0. The van der Waals surface area contributed by atoms with Crippen LogP contribution >= 0.6 is 0 Å². The van der Waals surface area contributed by atoms with Crippen molar-refractivity contribution in [2.24, 2.45) is 0 Å². The minimum Gasteiger partial charge on any atom is -0.396 e. The summed E-state index contributed by atoms with van der Waals surface area (Å²) >= 11 is 0. The van der Waals surface area contributed by atoms with Gasteiger partial charge in [-0.05, 0) is 12.8 Å². The van der Waals surface area contributed by atoms with Crippen molar-refractivity contribution in [3.05, 3.63) is 19.1 Å². The van der Waals surface area contributed by atoms with Crippen LogP contribution in [0.3, 0.4) is 0 Å². The molecule has 15 heavy (non-hydrogen) atoms. The van der Waals surface area contributed by atoms with E-state index in [-0.39, 0.29) is 21.7 Å². The Hall–Kier alpha value is 0.244. The number of unbranched alkanes of at least 4 members (excludes halogenated alkanes) is 2. The van der Waals surface area contributed by atoms with Crippen LogP contribution in [0.15, 0.2) is 12.2 Å². The molecule has 0 aliphatic carbocycles. The zero-order valence-corrected chi connectivity index (χ0v) is 12.1. The molecule has 0 aliphatic heterocycles. The topological polar surface area (TPSA) is 40.5 Å². The van der Waals surface area contributed by atoms with Crippen LogP contribution < -0.4 is 0 Å². The molecule has 0 rings (SSSR count). The van der Waals surface area contributed by atoms with Gasteiger partial charge in [0.15, 0.2) is 0 Å². The van der Waals surface area contributed by atoms with Crippen LogP contribution in [-0.2, 0) is 21.7 Å². The molecule has 0 aromatic rings. The first-order valence-corrected chi connectivity index (χ1v) is 5.25. The average molecular weight is 251 g/mol. The van der Waals surface area contributed by atoms with E-state index in [1.807, 2.05) is 6.92 Å². The van der Waals surface area contributed by atoms with Crippen molar-refractivity contribution in [1.82, 2.24) is 0 Å². The molecule has 0 aromatic heterocycles. The van der Waals surface area contributed by atoms with Crippen LogP contribution in [0.2, 0.25) is 0 Å².